The Hall–Kier alpha value is -0.830. The average Bonchev–Trinajstić information content (AvgIpc) is 2.28. The van der Waals surface area contributed by atoms with Crippen LogP contribution in [0.3, 0.4) is 0 Å². The highest BCUT2D eigenvalue weighted by Crippen LogP contribution is 2.46. The molecule has 1 saturated carbocycles. The number of aliphatic carboxylic acids is 1. The summed E-state index contributed by atoms with van der Waals surface area (Å²) in [6, 6.07) is 0. The fraction of sp³-hybridized carbons (Fsp3) is 0.800. The van der Waals surface area contributed by atoms with Crippen LogP contribution >= 0.6 is 0 Å². The van der Waals surface area contributed by atoms with E-state index in [9.17, 15) is 9.90 Å². The smallest absolute Gasteiger partial charge is 0.331 e. The first-order valence-corrected chi connectivity index (χ1v) is 7.10. The van der Waals surface area contributed by atoms with Crippen LogP contribution < -0.4 is 0 Å². The summed E-state index contributed by atoms with van der Waals surface area (Å²) in [4.78, 5) is 13.9. The van der Waals surface area contributed by atoms with Crippen molar-refractivity contribution in [3.05, 3.63) is 11.1 Å². The highest BCUT2D eigenvalue weighted by atomic mass is 16.4. The lowest BCUT2D eigenvalue weighted by molar-refractivity contribution is -0.133. The van der Waals surface area contributed by atoms with Crippen LogP contribution in [0.5, 0.6) is 0 Å². The molecule has 18 heavy (non-hydrogen) atoms. The van der Waals surface area contributed by atoms with E-state index in [1.807, 2.05) is 6.92 Å². The van der Waals surface area contributed by atoms with Gasteiger partial charge in [-0.3, -0.25) is 0 Å². The molecule has 2 bridgehead atoms. The van der Waals surface area contributed by atoms with E-state index < -0.39 is 5.97 Å². The van der Waals surface area contributed by atoms with Gasteiger partial charge in [0.15, 0.2) is 0 Å². The van der Waals surface area contributed by atoms with Crippen LogP contribution in [0, 0.1) is 23.7 Å². The quantitative estimate of drug-likeness (QED) is 0.767. The van der Waals surface area contributed by atoms with Gasteiger partial charge in [0, 0.05) is 18.7 Å². The van der Waals surface area contributed by atoms with Crippen molar-refractivity contribution in [2.75, 3.05) is 20.1 Å². The third-order valence-electron chi connectivity index (χ3n) is 4.89. The van der Waals surface area contributed by atoms with Gasteiger partial charge in [-0.05, 0) is 43.6 Å². The number of nitrogens with zero attached hydrogens (tertiary/aromatic N) is 1. The summed E-state index contributed by atoms with van der Waals surface area (Å²) >= 11 is 0. The summed E-state index contributed by atoms with van der Waals surface area (Å²) in [5, 5.41) is 9.45. The Labute approximate surface area is 110 Å². The molecule has 4 unspecified atom stereocenters. The second kappa shape index (κ2) is 5.04. The molecule has 2 aliphatic rings. The molecule has 1 N–H and O–H groups in total. The van der Waals surface area contributed by atoms with Crippen molar-refractivity contribution >= 4 is 5.97 Å². The number of rotatable bonds is 2. The van der Waals surface area contributed by atoms with E-state index >= 15 is 0 Å². The molecule has 3 heteroatoms. The van der Waals surface area contributed by atoms with Gasteiger partial charge in [0.25, 0.3) is 0 Å². The number of carboxylic acid groups (broad SMARTS) is 1. The number of carboxylic acids is 1. The maximum absolute atomic E-state index is 11.5. The van der Waals surface area contributed by atoms with Gasteiger partial charge in [-0.1, -0.05) is 26.3 Å². The minimum Gasteiger partial charge on any atom is -0.478 e. The van der Waals surface area contributed by atoms with E-state index in [0.717, 1.165) is 13.1 Å². The van der Waals surface area contributed by atoms with Crippen molar-refractivity contribution in [3.8, 4) is 0 Å². The highest BCUT2D eigenvalue weighted by Gasteiger charge is 2.43. The van der Waals surface area contributed by atoms with Crippen LogP contribution in [-0.2, 0) is 4.79 Å². The first-order chi connectivity index (χ1) is 8.45. The molecule has 2 fully saturated rings. The number of hydrogen-bond donors (Lipinski definition) is 1. The van der Waals surface area contributed by atoms with Gasteiger partial charge in [0.2, 0.25) is 0 Å². The molecule has 4 atom stereocenters. The van der Waals surface area contributed by atoms with Crippen LogP contribution in [0.15, 0.2) is 11.1 Å². The van der Waals surface area contributed by atoms with Crippen molar-refractivity contribution in [2.24, 2.45) is 23.7 Å². The molecule has 3 nitrogen and oxygen atoms in total. The van der Waals surface area contributed by atoms with E-state index in [1.165, 1.54) is 12.0 Å². The zero-order chi connectivity index (χ0) is 13.4. The van der Waals surface area contributed by atoms with Crippen molar-refractivity contribution in [3.63, 3.8) is 0 Å². The Bertz CT molecular complexity index is 355. The molecular formula is C15H25NO2. The summed E-state index contributed by atoms with van der Waals surface area (Å²) in [5.74, 6) is 1.42. The summed E-state index contributed by atoms with van der Waals surface area (Å²) in [7, 11) is 2.16. The van der Waals surface area contributed by atoms with Gasteiger partial charge in [0.1, 0.15) is 0 Å². The molecule has 1 heterocycles. The van der Waals surface area contributed by atoms with Gasteiger partial charge in [-0.2, -0.15) is 0 Å². The second-order valence-corrected chi connectivity index (χ2v) is 6.22. The minimum atomic E-state index is -0.701. The Kier molecular flexibility index (Phi) is 3.81. The number of fused-ring (bicyclic) bond motifs is 2. The Morgan fingerprint density at radius 2 is 1.78 bits per heavy atom. The Morgan fingerprint density at radius 3 is 2.17 bits per heavy atom. The van der Waals surface area contributed by atoms with Crippen LogP contribution in [0.4, 0.5) is 0 Å². The van der Waals surface area contributed by atoms with Gasteiger partial charge >= 0.3 is 5.97 Å². The van der Waals surface area contributed by atoms with Gasteiger partial charge in [0.05, 0.1) is 0 Å². The predicted molar refractivity (Wildman–Crippen MR) is 72.4 cm³/mol. The van der Waals surface area contributed by atoms with E-state index in [2.05, 4.69) is 25.8 Å². The number of carbonyl (C=O) groups is 1. The third kappa shape index (κ3) is 2.20. The first-order valence-electron chi connectivity index (χ1n) is 7.10. The van der Waals surface area contributed by atoms with E-state index in [4.69, 9.17) is 0 Å². The van der Waals surface area contributed by atoms with Gasteiger partial charge < -0.3 is 10.0 Å². The predicted octanol–water partition coefficient (Wildman–Crippen LogP) is 2.63. The lowest BCUT2D eigenvalue weighted by Gasteiger charge is -2.49. The molecule has 0 spiro atoms. The molecule has 0 aromatic rings. The highest BCUT2D eigenvalue weighted by molar-refractivity contribution is 5.87. The molecule has 0 amide bonds. The summed E-state index contributed by atoms with van der Waals surface area (Å²) < 4.78 is 0. The SMILES string of the molecule is CCC(C(=O)O)=C1C2CN(C)CC1C(C)CC2C. The van der Waals surface area contributed by atoms with Crippen molar-refractivity contribution in [1.82, 2.24) is 4.90 Å². The zero-order valence-corrected chi connectivity index (χ0v) is 11.9. The largest absolute Gasteiger partial charge is 0.478 e. The standard InChI is InChI=1S/C15H25NO2/c1-5-11(15(17)18)14-12-7-16(4)8-13(14)10(3)6-9(12)2/h9-10,12-13H,5-8H2,1-4H3,(H,17,18). The molecule has 0 aromatic carbocycles. The fourth-order valence-corrected chi connectivity index (χ4v) is 4.03. The Morgan fingerprint density at radius 1 is 1.28 bits per heavy atom. The van der Waals surface area contributed by atoms with Crippen molar-refractivity contribution in [2.45, 2.75) is 33.6 Å². The summed E-state index contributed by atoms with van der Waals surface area (Å²) in [6.07, 6.45) is 1.89. The van der Waals surface area contributed by atoms with E-state index in [0.29, 0.717) is 35.7 Å². The zero-order valence-electron chi connectivity index (χ0n) is 11.9. The normalized spacial score (nSPS) is 36.6. The Balaban J connectivity index is 2.47. The molecule has 1 aliphatic heterocycles. The first kappa shape index (κ1) is 13.6. The third-order valence-corrected chi connectivity index (χ3v) is 4.89. The van der Waals surface area contributed by atoms with Crippen molar-refractivity contribution < 1.29 is 9.90 Å². The molecule has 1 aliphatic carbocycles. The van der Waals surface area contributed by atoms with E-state index in [1.54, 1.807) is 0 Å². The molecule has 0 radical (unpaired) electrons. The molecule has 1 saturated heterocycles. The fourth-order valence-electron chi connectivity index (χ4n) is 4.03. The maximum Gasteiger partial charge on any atom is 0.331 e. The molecule has 102 valence electrons. The molecule has 2 rings (SSSR count). The van der Waals surface area contributed by atoms with Crippen LogP contribution in [0.2, 0.25) is 0 Å². The number of likely N-dealkylation sites (tertiary alicyclic amines) is 1. The summed E-state index contributed by atoms with van der Waals surface area (Å²) in [5.41, 5.74) is 1.96. The summed E-state index contributed by atoms with van der Waals surface area (Å²) in [6.45, 7) is 8.59. The van der Waals surface area contributed by atoms with Gasteiger partial charge in [-0.25, -0.2) is 4.79 Å². The minimum absolute atomic E-state index is 0.455. The molecular weight excluding hydrogens is 226 g/mol. The molecule has 0 aromatic heterocycles. The van der Waals surface area contributed by atoms with Crippen molar-refractivity contribution in [1.29, 1.82) is 0 Å². The number of piperidine rings is 1. The monoisotopic (exact) mass is 251 g/mol. The number of hydrogen-bond acceptors (Lipinski definition) is 2. The van der Waals surface area contributed by atoms with Gasteiger partial charge in [-0.15, -0.1) is 0 Å². The van der Waals surface area contributed by atoms with E-state index in [-0.39, 0.29) is 0 Å². The second-order valence-electron chi connectivity index (χ2n) is 6.22. The topological polar surface area (TPSA) is 40.5 Å². The van der Waals surface area contributed by atoms with Crippen LogP contribution in [-0.4, -0.2) is 36.1 Å². The maximum atomic E-state index is 11.5. The lowest BCUT2D eigenvalue weighted by atomic mass is 9.62. The average molecular weight is 251 g/mol. The van der Waals surface area contributed by atoms with Crippen LogP contribution in [0.1, 0.15) is 33.6 Å². The van der Waals surface area contributed by atoms with Crippen LogP contribution in [0.25, 0.3) is 0 Å². The lowest BCUT2D eigenvalue weighted by Crippen LogP contribution is -2.49.